The second-order valence-electron chi connectivity index (χ2n) is 3.83. The van der Waals surface area contributed by atoms with Crippen molar-refractivity contribution in [2.45, 2.75) is 35.8 Å². The molecule has 0 amide bonds. The Morgan fingerprint density at radius 3 is 2.67 bits per heavy atom. The van der Waals surface area contributed by atoms with Gasteiger partial charge in [0.2, 0.25) is 0 Å². The maximum absolute atomic E-state index is 11.3. The molecule has 0 radical (unpaired) electrons. The molecule has 0 spiro atoms. The van der Waals surface area contributed by atoms with Gasteiger partial charge in [-0.2, -0.15) is 0 Å². The van der Waals surface area contributed by atoms with Crippen LogP contribution in [0.3, 0.4) is 0 Å². The Hall–Kier alpha value is -0.470. The lowest BCUT2D eigenvalue weighted by atomic mass is 9.99. The number of carbonyl (C=O) groups excluding carboxylic acids is 1. The summed E-state index contributed by atoms with van der Waals surface area (Å²) in [4.78, 5) is 12.5. The van der Waals surface area contributed by atoms with Gasteiger partial charge in [-0.15, -0.1) is 11.8 Å². The van der Waals surface area contributed by atoms with Gasteiger partial charge in [0.15, 0.2) is 0 Å². The van der Waals surface area contributed by atoms with Gasteiger partial charge in [-0.25, -0.2) is 0 Å². The van der Waals surface area contributed by atoms with E-state index in [2.05, 4.69) is 0 Å². The zero-order valence-electron chi connectivity index (χ0n) is 8.41. The maximum Gasteiger partial charge on any atom is 0.134 e. The Morgan fingerprint density at radius 2 is 2.00 bits per heavy atom. The molecule has 0 aliphatic heterocycles. The molecule has 1 aromatic rings. The van der Waals surface area contributed by atoms with Crippen LogP contribution in [0.25, 0.3) is 0 Å². The molecule has 0 heterocycles. The molecule has 1 aliphatic carbocycles. The predicted molar refractivity (Wildman–Crippen MR) is 64.6 cm³/mol. The topological polar surface area (TPSA) is 17.1 Å². The zero-order valence-corrected chi connectivity index (χ0v) is 9.98. The number of thioether (sulfide) groups is 1. The first kappa shape index (κ1) is 11.0. The third-order valence-corrected chi connectivity index (χ3v) is 4.09. The van der Waals surface area contributed by atoms with Gasteiger partial charge in [0, 0.05) is 28.0 Å². The molecule has 2 rings (SSSR count). The van der Waals surface area contributed by atoms with Gasteiger partial charge < -0.3 is 0 Å². The largest absolute Gasteiger partial charge is 0.300 e. The van der Waals surface area contributed by atoms with Crippen LogP contribution in [-0.2, 0) is 4.79 Å². The highest BCUT2D eigenvalue weighted by atomic mass is 35.5. The number of halogens is 1. The van der Waals surface area contributed by atoms with Crippen LogP contribution in [0.5, 0.6) is 0 Å². The van der Waals surface area contributed by atoms with Crippen molar-refractivity contribution in [2.24, 2.45) is 0 Å². The molecule has 1 nitrogen and oxygen atoms in total. The predicted octanol–water partition coefficient (Wildman–Crippen LogP) is 3.94. The van der Waals surface area contributed by atoms with E-state index in [1.807, 2.05) is 24.3 Å². The first-order valence-corrected chi connectivity index (χ1v) is 6.44. The lowest BCUT2D eigenvalue weighted by Crippen LogP contribution is -2.16. The first-order chi connectivity index (χ1) is 7.24. The van der Waals surface area contributed by atoms with Gasteiger partial charge in [-0.3, -0.25) is 4.79 Å². The molecule has 0 N–H and O–H groups in total. The molecule has 0 aromatic heterocycles. The van der Waals surface area contributed by atoms with Crippen molar-refractivity contribution < 1.29 is 4.79 Å². The van der Waals surface area contributed by atoms with Crippen molar-refractivity contribution in [3.05, 3.63) is 29.3 Å². The minimum atomic E-state index is 0.410. The average Bonchev–Trinajstić information content (AvgIpc) is 2.22. The minimum absolute atomic E-state index is 0.410. The van der Waals surface area contributed by atoms with Crippen LogP contribution in [0.4, 0.5) is 0 Å². The van der Waals surface area contributed by atoms with Crippen LogP contribution in [0.15, 0.2) is 29.2 Å². The highest BCUT2D eigenvalue weighted by Gasteiger charge is 2.20. The van der Waals surface area contributed by atoms with Gasteiger partial charge in [0.1, 0.15) is 5.78 Å². The third kappa shape index (κ3) is 3.25. The Kier molecular flexibility index (Phi) is 3.71. The molecule has 3 heteroatoms. The lowest BCUT2D eigenvalue weighted by molar-refractivity contribution is -0.120. The monoisotopic (exact) mass is 240 g/mol. The Balaban J connectivity index is 1.96. The molecule has 1 aliphatic rings. The standard InChI is InChI=1S/C12H13ClOS/c13-9-4-6-11(7-5-9)15-12-3-1-2-10(14)8-12/h4-7,12H,1-3,8H2. The van der Waals surface area contributed by atoms with Crippen LogP contribution in [-0.4, -0.2) is 11.0 Å². The second kappa shape index (κ2) is 5.04. The number of ketones is 1. The van der Waals surface area contributed by atoms with Crippen LogP contribution in [0.2, 0.25) is 5.02 Å². The second-order valence-corrected chi connectivity index (χ2v) is 5.64. The molecule has 1 saturated carbocycles. The van der Waals surface area contributed by atoms with E-state index in [0.717, 1.165) is 30.7 Å². The first-order valence-electron chi connectivity index (χ1n) is 5.18. The van der Waals surface area contributed by atoms with Crippen molar-refractivity contribution in [1.82, 2.24) is 0 Å². The third-order valence-electron chi connectivity index (χ3n) is 2.55. The van der Waals surface area contributed by atoms with Crippen LogP contribution < -0.4 is 0 Å². The van der Waals surface area contributed by atoms with Crippen molar-refractivity contribution >= 4 is 29.1 Å². The fourth-order valence-corrected chi connectivity index (χ4v) is 3.15. The van der Waals surface area contributed by atoms with E-state index < -0.39 is 0 Å². The van der Waals surface area contributed by atoms with E-state index in [4.69, 9.17) is 11.6 Å². The summed E-state index contributed by atoms with van der Waals surface area (Å²) in [5.41, 5.74) is 0. The van der Waals surface area contributed by atoms with E-state index in [0.29, 0.717) is 11.0 Å². The SMILES string of the molecule is O=C1CCCC(Sc2ccc(Cl)cc2)C1. The maximum atomic E-state index is 11.3. The van der Waals surface area contributed by atoms with Gasteiger partial charge in [0.05, 0.1) is 0 Å². The van der Waals surface area contributed by atoms with E-state index >= 15 is 0 Å². The fourth-order valence-electron chi connectivity index (χ4n) is 1.79. The molecular weight excluding hydrogens is 228 g/mol. The molecule has 15 heavy (non-hydrogen) atoms. The number of benzene rings is 1. The van der Waals surface area contributed by atoms with Gasteiger partial charge in [-0.1, -0.05) is 11.6 Å². The van der Waals surface area contributed by atoms with Gasteiger partial charge in [-0.05, 0) is 37.1 Å². The normalized spacial score (nSPS) is 21.7. The van der Waals surface area contributed by atoms with Gasteiger partial charge in [0.25, 0.3) is 0 Å². The number of Topliss-reactive ketones (excluding diaryl/α,β-unsaturated/α-hetero) is 1. The molecule has 1 fully saturated rings. The average molecular weight is 241 g/mol. The molecule has 80 valence electrons. The molecule has 1 unspecified atom stereocenters. The fraction of sp³-hybridized carbons (Fsp3) is 0.417. The summed E-state index contributed by atoms with van der Waals surface area (Å²) in [6.07, 6.45) is 3.70. The van der Waals surface area contributed by atoms with Crippen LogP contribution in [0, 0.1) is 0 Å². The summed E-state index contributed by atoms with van der Waals surface area (Å²) in [6, 6.07) is 7.83. The Bertz CT molecular complexity index is 347. The smallest absolute Gasteiger partial charge is 0.134 e. The summed E-state index contributed by atoms with van der Waals surface area (Å²) < 4.78 is 0. The highest BCUT2D eigenvalue weighted by molar-refractivity contribution is 8.00. The van der Waals surface area contributed by atoms with Crippen LogP contribution >= 0.6 is 23.4 Å². The van der Waals surface area contributed by atoms with E-state index in [1.54, 1.807) is 11.8 Å². The van der Waals surface area contributed by atoms with Crippen molar-refractivity contribution in [3.63, 3.8) is 0 Å². The minimum Gasteiger partial charge on any atom is -0.300 e. The number of carbonyl (C=O) groups is 1. The quantitative estimate of drug-likeness (QED) is 0.779. The number of hydrogen-bond donors (Lipinski definition) is 0. The molecule has 0 bridgehead atoms. The van der Waals surface area contributed by atoms with Crippen LogP contribution in [0.1, 0.15) is 25.7 Å². The van der Waals surface area contributed by atoms with Gasteiger partial charge >= 0.3 is 0 Å². The molecule has 1 aromatic carbocycles. The Morgan fingerprint density at radius 1 is 1.27 bits per heavy atom. The van der Waals surface area contributed by atoms with Crippen molar-refractivity contribution in [3.8, 4) is 0 Å². The number of hydrogen-bond acceptors (Lipinski definition) is 2. The lowest BCUT2D eigenvalue weighted by Gasteiger charge is -2.20. The van der Waals surface area contributed by atoms with Crippen molar-refractivity contribution in [2.75, 3.05) is 0 Å². The molecule has 1 atom stereocenters. The Labute approximate surface area is 99.2 Å². The van der Waals surface area contributed by atoms with E-state index in [-0.39, 0.29) is 0 Å². The summed E-state index contributed by atoms with van der Waals surface area (Å²) in [5.74, 6) is 0.410. The highest BCUT2D eigenvalue weighted by Crippen LogP contribution is 2.32. The zero-order chi connectivity index (χ0) is 10.7. The summed E-state index contributed by atoms with van der Waals surface area (Å²) in [5, 5.41) is 1.23. The summed E-state index contributed by atoms with van der Waals surface area (Å²) in [6.45, 7) is 0. The summed E-state index contributed by atoms with van der Waals surface area (Å²) >= 11 is 7.61. The number of rotatable bonds is 2. The van der Waals surface area contributed by atoms with E-state index in [1.165, 1.54) is 4.90 Å². The van der Waals surface area contributed by atoms with Crippen molar-refractivity contribution in [1.29, 1.82) is 0 Å². The molecular formula is C12H13ClOS. The summed E-state index contributed by atoms with van der Waals surface area (Å²) in [7, 11) is 0. The van der Waals surface area contributed by atoms with E-state index in [9.17, 15) is 4.79 Å². The molecule has 0 saturated heterocycles.